The molecule has 0 atom stereocenters. The van der Waals surface area contributed by atoms with E-state index in [-0.39, 0.29) is 0 Å². The lowest BCUT2D eigenvalue weighted by molar-refractivity contribution is 0.645. The van der Waals surface area contributed by atoms with Gasteiger partial charge in [-0.1, -0.05) is 32.6 Å². The summed E-state index contributed by atoms with van der Waals surface area (Å²) in [6.07, 6.45) is 8.28. The van der Waals surface area contributed by atoms with Gasteiger partial charge in [0, 0.05) is 39.5 Å². The number of H-pyrrole nitrogens is 2. The Kier molecular flexibility index (Phi) is 5.58. The fourth-order valence-electron chi connectivity index (χ4n) is 4.45. The molecular weight excluding hydrogens is 466 g/mol. The van der Waals surface area contributed by atoms with Gasteiger partial charge in [0.2, 0.25) is 0 Å². The number of aromatic amines is 2. The molecular formula is C28H25N7S. The zero-order valence-corrected chi connectivity index (χ0v) is 20.9. The van der Waals surface area contributed by atoms with Crippen LogP contribution in [0.25, 0.3) is 55.0 Å². The van der Waals surface area contributed by atoms with E-state index in [1.165, 1.54) is 0 Å². The highest BCUT2D eigenvalue weighted by Gasteiger charge is 2.16. The van der Waals surface area contributed by atoms with Crippen LogP contribution in [0.15, 0.2) is 78.8 Å². The fraction of sp³-hybridized carbons (Fsp3) is 0.143. The number of fused-ring (bicyclic) bond motifs is 2. The molecule has 1 aromatic carbocycles. The summed E-state index contributed by atoms with van der Waals surface area (Å²) in [6, 6.07) is 12.5. The molecule has 8 heteroatoms. The predicted molar refractivity (Wildman–Crippen MR) is 148 cm³/mol. The molecule has 0 amide bonds. The van der Waals surface area contributed by atoms with Crippen LogP contribution in [0, 0.1) is 5.92 Å². The van der Waals surface area contributed by atoms with Crippen molar-refractivity contribution >= 4 is 39.0 Å². The Labute approximate surface area is 212 Å². The van der Waals surface area contributed by atoms with Crippen molar-refractivity contribution < 1.29 is 0 Å². The molecule has 0 aliphatic heterocycles. The minimum absolute atomic E-state index is 0.540. The van der Waals surface area contributed by atoms with E-state index >= 15 is 0 Å². The zero-order chi connectivity index (χ0) is 24.6. The summed E-state index contributed by atoms with van der Waals surface area (Å²) in [5, 5.41) is 14.2. The van der Waals surface area contributed by atoms with Crippen LogP contribution in [0.3, 0.4) is 0 Å². The number of allylic oxidation sites excluding steroid dienone is 1. The lowest BCUT2D eigenvalue weighted by atomic mass is 10.0. The Bertz CT molecular complexity index is 1690. The van der Waals surface area contributed by atoms with Crippen LogP contribution < -0.4 is 5.32 Å². The normalized spacial score (nSPS) is 11.5. The zero-order valence-electron chi connectivity index (χ0n) is 20.0. The van der Waals surface area contributed by atoms with E-state index in [1.807, 2.05) is 30.7 Å². The van der Waals surface area contributed by atoms with E-state index in [4.69, 9.17) is 4.98 Å². The number of hydrogen-bond acceptors (Lipinski definition) is 6. The maximum Gasteiger partial charge on any atom is 0.159 e. The lowest BCUT2D eigenvalue weighted by Gasteiger charge is -2.12. The summed E-state index contributed by atoms with van der Waals surface area (Å²) in [5.74, 6) is 1.25. The van der Waals surface area contributed by atoms with Gasteiger partial charge in [0.15, 0.2) is 5.82 Å². The topological polar surface area (TPSA) is 95.2 Å². The molecule has 0 fully saturated rings. The first-order valence-corrected chi connectivity index (χ1v) is 12.7. The third-order valence-corrected chi connectivity index (χ3v) is 6.92. The van der Waals surface area contributed by atoms with E-state index in [0.717, 1.165) is 67.0 Å². The number of pyridine rings is 2. The van der Waals surface area contributed by atoms with Gasteiger partial charge in [0.25, 0.3) is 0 Å². The van der Waals surface area contributed by atoms with Crippen molar-refractivity contribution in [2.45, 2.75) is 20.3 Å². The minimum Gasteiger partial charge on any atom is -0.358 e. The van der Waals surface area contributed by atoms with Gasteiger partial charge in [-0.3, -0.25) is 15.1 Å². The van der Waals surface area contributed by atoms with Crippen LogP contribution >= 0.6 is 11.3 Å². The van der Waals surface area contributed by atoms with Gasteiger partial charge in [-0.15, -0.1) is 11.3 Å². The highest BCUT2D eigenvalue weighted by Crippen LogP contribution is 2.34. The maximum atomic E-state index is 4.93. The van der Waals surface area contributed by atoms with Crippen molar-refractivity contribution in [3.8, 4) is 33.1 Å². The number of aromatic nitrogens is 6. The Balaban J connectivity index is 1.38. The predicted octanol–water partition coefficient (Wildman–Crippen LogP) is 7.26. The number of thiophene rings is 1. The first-order valence-electron chi connectivity index (χ1n) is 11.8. The summed E-state index contributed by atoms with van der Waals surface area (Å²) in [4.78, 5) is 18.3. The molecule has 6 aromatic rings. The molecule has 0 spiro atoms. The van der Waals surface area contributed by atoms with Crippen molar-refractivity contribution in [2.75, 3.05) is 5.32 Å². The van der Waals surface area contributed by atoms with E-state index in [9.17, 15) is 0 Å². The molecule has 0 unspecified atom stereocenters. The van der Waals surface area contributed by atoms with E-state index in [2.05, 4.69) is 80.5 Å². The molecule has 178 valence electrons. The number of imidazole rings is 1. The van der Waals surface area contributed by atoms with Gasteiger partial charge >= 0.3 is 0 Å². The summed E-state index contributed by atoms with van der Waals surface area (Å²) in [6.45, 7) is 8.51. The quantitative estimate of drug-likeness (QED) is 0.218. The smallest absolute Gasteiger partial charge is 0.159 e. The largest absolute Gasteiger partial charge is 0.358 e. The van der Waals surface area contributed by atoms with Crippen LogP contribution in [0.5, 0.6) is 0 Å². The molecule has 0 saturated heterocycles. The lowest BCUT2D eigenvalue weighted by Crippen LogP contribution is -2.02. The molecule has 0 aliphatic rings. The third kappa shape index (κ3) is 4.16. The van der Waals surface area contributed by atoms with Crippen LogP contribution in [-0.2, 0) is 0 Å². The minimum atomic E-state index is 0.540. The molecule has 5 aromatic heterocycles. The highest BCUT2D eigenvalue weighted by atomic mass is 32.1. The van der Waals surface area contributed by atoms with Crippen molar-refractivity contribution in [3.05, 3.63) is 78.8 Å². The number of nitrogens with one attached hydrogen (secondary N) is 3. The van der Waals surface area contributed by atoms with Crippen LogP contribution in [-0.4, -0.2) is 30.1 Å². The standard InChI is InChI=1S/C28H25N7S/c1-16(2)9-17(3)31-20-10-19(12-29-13-20)18-6-7-23-21(11-18)27(35-34-23)28-32-24-15-30-14-22(26(24)33-28)25-5-4-8-36-25/h4-8,10-16,31H,3,9H2,1-2H3,(H,32,33)(H,34,35). The Hall–Kier alpha value is -4.30. The second-order valence-corrected chi connectivity index (χ2v) is 10.2. The SMILES string of the molecule is C=C(CC(C)C)Nc1cncc(-c2ccc3[nH]nc(-c4nc5c(-c6cccs6)cncc5[nH]4)c3c2)c1. The van der Waals surface area contributed by atoms with Crippen molar-refractivity contribution in [3.63, 3.8) is 0 Å². The van der Waals surface area contributed by atoms with Gasteiger partial charge in [0.05, 0.1) is 29.1 Å². The van der Waals surface area contributed by atoms with E-state index in [1.54, 1.807) is 17.5 Å². The Morgan fingerprint density at radius 1 is 1.03 bits per heavy atom. The van der Waals surface area contributed by atoms with Crippen LogP contribution in [0.4, 0.5) is 5.69 Å². The molecule has 7 nitrogen and oxygen atoms in total. The van der Waals surface area contributed by atoms with Gasteiger partial charge in [-0.2, -0.15) is 5.10 Å². The number of benzene rings is 1. The number of rotatable bonds is 7. The summed E-state index contributed by atoms with van der Waals surface area (Å²) in [7, 11) is 0. The van der Waals surface area contributed by atoms with Gasteiger partial charge in [0.1, 0.15) is 11.2 Å². The van der Waals surface area contributed by atoms with Gasteiger partial charge in [-0.05, 0) is 47.5 Å². The fourth-order valence-corrected chi connectivity index (χ4v) is 5.18. The molecule has 0 saturated carbocycles. The maximum absolute atomic E-state index is 4.93. The Morgan fingerprint density at radius 2 is 1.92 bits per heavy atom. The monoisotopic (exact) mass is 491 g/mol. The van der Waals surface area contributed by atoms with Crippen LogP contribution in [0.2, 0.25) is 0 Å². The number of hydrogen-bond donors (Lipinski definition) is 3. The number of nitrogens with zero attached hydrogens (tertiary/aromatic N) is 4. The van der Waals surface area contributed by atoms with Crippen molar-refractivity contribution in [1.82, 2.24) is 30.1 Å². The second-order valence-electron chi connectivity index (χ2n) is 9.27. The van der Waals surface area contributed by atoms with E-state index in [0.29, 0.717) is 11.7 Å². The molecule has 6 rings (SSSR count). The molecule has 0 bridgehead atoms. The summed E-state index contributed by atoms with van der Waals surface area (Å²) in [5.41, 5.74) is 8.47. The van der Waals surface area contributed by atoms with Gasteiger partial charge in [-0.25, -0.2) is 4.98 Å². The van der Waals surface area contributed by atoms with Gasteiger partial charge < -0.3 is 10.3 Å². The highest BCUT2D eigenvalue weighted by molar-refractivity contribution is 7.13. The van der Waals surface area contributed by atoms with Crippen molar-refractivity contribution in [1.29, 1.82) is 0 Å². The molecule has 0 radical (unpaired) electrons. The number of anilines is 1. The molecule has 36 heavy (non-hydrogen) atoms. The second kappa shape index (κ2) is 9.05. The molecule has 5 heterocycles. The van der Waals surface area contributed by atoms with Crippen LogP contribution in [0.1, 0.15) is 20.3 Å². The van der Waals surface area contributed by atoms with E-state index < -0.39 is 0 Å². The Morgan fingerprint density at radius 3 is 2.75 bits per heavy atom. The first-order chi connectivity index (χ1) is 17.5. The summed E-state index contributed by atoms with van der Waals surface area (Å²) < 4.78 is 0. The first kappa shape index (κ1) is 22.2. The molecule has 3 N–H and O–H groups in total. The molecule has 0 aliphatic carbocycles. The van der Waals surface area contributed by atoms with Crippen molar-refractivity contribution in [2.24, 2.45) is 5.92 Å². The average molecular weight is 492 g/mol. The third-order valence-electron chi connectivity index (χ3n) is 6.02. The summed E-state index contributed by atoms with van der Waals surface area (Å²) >= 11 is 1.67. The average Bonchev–Trinajstić information content (AvgIpc) is 3.62.